The Morgan fingerprint density at radius 2 is 2.36 bits per heavy atom. The van der Waals surface area contributed by atoms with E-state index in [9.17, 15) is 5.11 Å². The molecule has 0 saturated heterocycles. The van der Waals surface area contributed by atoms with Crippen LogP contribution in [0, 0.1) is 0 Å². The Morgan fingerprint density at radius 1 is 1.55 bits per heavy atom. The molecule has 11 heavy (non-hydrogen) atoms. The molecule has 1 heterocycles. The zero-order chi connectivity index (χ0) is 7.84. The second kappa shape index (κ2) is 2.17. The molecule has 4 nitrogen and oxygen atoms in total. The summed E-state index contributed by atoms with van der Waals surface area (Å²) in [5, 5.41) is 9.36. The first kappa shape index (κ1) is 6.54. The lowest BCUT2D eigenvalue weighted by atomic mass is 10.2. The molecule has 2 rings (SSSR count). The van der Waals surface area contributed by atoms with E-state index in [1.54, 1.807) is 0 Å². The summed E-state index contributed by atoms with van der Waals surface area (Å²) in [5.74, 6) is 0.506. The smallest absolute Gasteiger partial charge is 0.130 e. The third-order valence-electron chi connectivity index (χ3n) is 2.00. The van der Waals surface area contributed by atoms with E-state index in [1.807, 2.05) is 0 Å². The molecule has 1 aromatic heterocycles. The predicted octanol–water partition coefficient (Wildman–Crippen LogP) is 0.0384. The molecule has 0 aromatic carbocycles. The lowest BCUT2D eigenvalue weighted by Crippen LogP contribution is -2.00. The van der Waals surface area contributed by atoms with E-state index in [0.717, 1.165) is 18.4 Å². The van der Waals surface area contributed by atoms with Gasteiger partial charge in [-0.15, -0.1) is 0 Å². The maximum atomic E-state index is 9.36. The fraction of sp³-hybridized carbons (Fsp3) is 0.429. The summed E-state index contributed by atoms with van der Waals surface area (Å²) in [7, 11) is 0. The van der Waals surface area contributed by atoms with Crippen molar-refractivity contribution in [3.63, 3.8) is 0 Å². The zero-order valence-electron chi connectivity index (χ0n) is 5.99. The molecule has 58 valence electrons. The SMILES string of the molecule is Nc1ncnc2c1CC[C@H]2O. The van der Waals surface area contributed by atoms with Crippen LogP contribution in [0.15, 0.2) is 6.33 Å². The van der Waals surface area contributed by atoms with Gasteiger partial charge in [-0.2, -0.15) is 0 Å². The van der Waals surface area contributed by atoms with Gasteiger partial charge in [0.25, 0.3) is 0 Å². The van der Waals surface area contributed by atoms with Crippen LogP contribution in [0.25, 0.3) is 0 Å². The summed E-state index contributed by atoms with van der Waals surface area (Å²) in [5.41, 5.74) is 7.19. The van der Waals surface area contributed by atoms with Gasteiger partial charge in [0.2, 0.25) is 0 Å². The van der Waals surface area contributed by atoms with E-state index < -0.39 is 6.10 Å². The molecule has 0 radical (unpaired) electrons. The standard InChI is InChI=1S/C7H9N3O/c8-7-4-1-2-5(11)6(4)9-3-10-7/h3,5,11H,1-2H2,(H2,8,9,10)/t5-/m1/s1. The summed E-state index contributed by atoms with van der Waals surface area (Å²) in [4.78, 5) is 7.80. The van der Waals surface area contributed by atoms with Gasteiger partial charge in [0.15, 0.2) is 0 Å². The number of anilines is 1. The van der Waals surface area contributed by atoms with Crippen molar-refractivity contribution in [2.45, 2.75) is 18.9 Å². The van der Waals surface area contributed by atoms with Crippen LogP contribution in [-0.2, 0) is 6.42 Å². The van der Waals surface area contributed by atoms with Crippen LogP contribution in [0.4, 0.5) is 5.82 Å². The summed E-state index contributed by atoms with van der Waals surface area (Å²) in [6.07, 6.45) is 2.47. The largest absolute Gasteiger partial charge is 0.387 e. The van der Waals surface area contributed by atoms with Gasteiger partial charge in [-0.25, -0.2) is 9.97 Å². The number of nitrogen functional groups attached to an aromatic ring is 1. The quantitative estimate of drug-likeness (QED) is 0.549. The Morgan fingerprint density at radius 3 is 3.09 bits per heavy atom. The number of aromatic nitrogens is 2. The minimum absolute atomic E-state index is 0.435. The number of aliphatic hydroxyl groups is 1. The van der Waals surface area contributed by atoms with Crippen molar-refractivity contribution in [3.8, 4) is 0 Å². The zero-order valence-corrected chi connectivity index (χ0v) is 5.99. The second-order valence-corrected chi connectivity index (χ2v) is 2.68. The van der Waals surface area contributed by atoms with Crippen LogP contribution in [0.5, 0.6) is 0 Å². The van der Waals surface area contributed by atoms with Gasteiger partial charge < -0.3 is 10.8 Å². The molecule has 3 N–H and O–H groups in total. The highest BCUT2D eigenvalue weighted by Crippen LogP contribution is 2.30. The summed E-state index contributed by atoms with van der Waals surface area (Å²) >= 11 is 0. The van der Waals surface area contributed by atoms with Crippen LogP contribution in [-0.4, -0.2) is 15.1 Å². The third-order valence-corrected chi connectivity index (χ3v) is 2.00. The number of aliphatic hydroxyl groups excluding tert-OH is 1. The number of nitrogens with two attached hydrogens (primary N) is 1. The van der Waals surface area contributed by atoms with Crippen LogP contribution in [0.3, 0.4) is 0 Å². The van der Waals surface area contributed by atoms with Crippen molar-refractivity contribution in [1.29, 1.82) is 0 Å². The first-order valence-electron chi connectivity index (χ1n) is 3.56. The molecule has 1 aromatic rings. The van der Waals surface area contributed by atoms with Gasteiger partial charge >= 0.3 is 0 Å². The maximum absolute atomic E-state index is 9.36. The normalized spacial score (nSPS) is 21.7. The third kappa shape index (κ3) is 0.867. The van der Waals surface area contributed by atoms with Crippen molar-refractivity contribution in [3.05, 3.63) is 17.6 Å². The highest BCUT2D eigenvalue weighted by Gasteiger charge is 2.23. The van der Waals surface area contributed by atoms with E-state index in [2.05, 4.69) is 9.97 Å². The van der Waals surface area contributed by atoms with E-state index in [0.29, 0.717) is 11.5 Å². The molecule has 0 saturated carbocycles. The first-order valence-corrected chi connectivity index (χ1v) is 3.56. The number of hydrogen-bond acceptors (Lipinski definition) is 4. The topological polar surface area (TPSA) is 72.0 Å². The molecule has 0 aliphatic heterocycles. The Hall–Kier alpha value is -1.16. The van der Waals surface area contributed by atoms with E-state index >= 15 is 0 Å². The number of nitrogens with zero attached hydrogens (tertiary/aromatic N) is 2. The maximum Gasteiger partial charge on any atom is 0.130 e. The fourth-order valence-corrected chi connectivity index (χ4v) is 1.40. The lowest BCUT2D eigenvalue weighted by molar-refractivity contribution is 0.175. The minimum Gasteiger partial charge on any atom is -0.387 e. The Labute approximate surface area is 64.1 Å². The average Bonchev–Trinajstić information content (AvgIpc) is 2.35. The molecule has 0 amide bonds. The van der Waals surface area contributed by atoms with Gasteiger partial charge in [-0.1, -0.05) is 0 Å². The average molecular weight is 151 g/mol. The number of fused-ring (bicyclic) bond motifs is 1. The summed E-state index contributed by atoms with van der Waals surface area (Å²) in [6.45, 7) is 0. The molecular weight excluding hydrogens is 142 g/mol. The molecule has 1 aliphatic carbocycles. The van der Waals surface area contributed by atoms with Crippen LogP contribution in [0.1, 0.15) is 23.8 Å². The van der Waals surface area contributed by atoms with E-state index in [-0.39, 0.29) is 0 Å². The summed E-state index contributed by atoms with van der Waals surface area (Å²) in [6, 6.07) is 0. The molecule has 0 unspecified atom stereocenters. The van der Waals surface area contributed by atoms with Gasteiger partial charge in [0.1, 0.15) is 12.1 Å². The highest BCUT2D eigenvalue weighted by atomic mass is 16.3. The van der Waals surface area contributed by atoms with E-state index in [4.69, 9.17) is 5.73 Å². The van der Waals surface area contributed by atoms with E-state index in [1.165, 1.54) is 6.33 Å². The first-order chi connectivity index (χ1) is 5.29. The Bertz CT molecular complexity index is 287. The van der Waals surface area contributed by atoms with Crippen LogP contribution in [0.2, 0.25) is 0 Å². The molecule has 0 fully saturated rings. The van der Waals surface area contributed by atoms with Crippen LogP contribution < -0.4 is 5.73 Å². The molecule has 4 heteroatoms. The Balaban J connectivity index is 2.57. The fourth-order valence-electron chi connectivity index (χ4n) is 1.40. The van der Waals surface area contributed by atoms with Crippen molar-refractivity contribution < 1.29 is 5.11 Å². The van der Waals surface area contributed by atoms with Gasteiger partial charge in [-0.05, 0) is 12.8 Å². The molecule has 1 aliphatic rings. The van der Waals surface area contributed by atoms with Gasteiger partial charge in [0.05, 0.1) is 11.8 Å². The second-order valence-electron chi connectivity index (χ2n) is 2.68. The number of rotatable bonds is 0. The van der Waals surface area contributed by atoms with Crippen molar-refractivity contribution in [1.82, 2.24) is 9.97 Å². The lowest BCUT2D eigenvalue weighted by Gasteiger charge is -2.01. The predicted molar refractivity (Wildman–Crippen MR) is 39.7 cm³/mol. The minimum atomic E-state index is -0.435. The molecular formula is C7H9N3O. The molecule has 1 atom stereocenters. The summed E-state index contributed by atoms with van der Waals surface area (Å²) < 4.78 is 0. The number of hydrogen-bond donors (Lipinski definition) is 2. The van der Waals surface area contributed by atoms with Crippen molar-refractivity contribution in [2.75, 3.05) is 5.73 Å². The highest BCUT2D eigenvalue weighted by molar-refractivity contribution is 5.44. The van der Waals surface area contributed by atoms with Crippen molar-refractivity contribution >= 4 is 5.82 Å². The Kier molecular flexibility index (Phi) is 1.29. The van der Waals surface area contributed by atoms with Gasteiger partial charge in [-0.3, -0.25) is 0 Å². The monoisotopic (exact) mass is 151 g/mol. The van der Waals surface area contributed by atoms with Gasteiger partial charge in [0, 0.05) is 5.56 Å². The van der Waals surface area contributed by atoms with Crippen molar-refractivity contribution in [2.24, 2.45) is 0 Å². The molecule has 0 bridgehead atoms. The van der Waals surface area contributed by atoms with Crippen LogP contribution >= 0.6 is 0 Å². The molecule has 0 spiro atoms.